The molecule has 0 spiro atoms. The molecule has 2 aliphatic rings. The Morgan fingerprint density at radius 1 is 1.29 bits per heavy atom. The van der Waals surface area contributed by atoms with E-state index >= 15 is 0 Å². The quantitative estimate of drug-likeness (QED) is 0.862. The van der Waals surface area contributed by atoms with Crippen molar-refractivity contribution in [3.05, 3.63) is 29.7 Å². The van der Waals surface area contributed by atoms with Crippen LogP contribution in [0.2, 0.25) is 0 Å². The van der Waals surface area contributed by atoms with E-state index in [4.69, 9.17) is 0 Å². The summed E-state index contributed by atoms with van der Waals surface area (Å²) in [5.74, 6) is -1.44. The monoisotopic (exact) mass is 339 g/mol. The number of amides is 3. The predicted octanol–water partition coefficient (Wildman–Crippen LogP) is 1.25. The molecule has 0 radical (unpaired) electrons. The Bertz CT molecular complexity index is 856. The first kappa shape index (κ1) is 14.9. The lowest BCUT2D eigenvalue weighted by atomic mass is 9.93. The van der Waals surface area contributed by atoms with Crippen molar-refractivity contribution < 1.29 is 22.8 Å². The standard InChI is InChI=1S/C14H12F3N5O2/c15-14(16,17)13(1-2-13)8-5-9(21-22-4-3-18-10(8)22)7-6-19-12(24)20-11(7)23/h3-5,7H,1-2,6H2,(H2,19,20,23,24). The molecule has 4 rings (SSSR count). The summed E-state index contributed by atoms with van der Waals surface area (Å²) < 4.78 is 41.8. The molecule has 3 amide bonds. The minimum atomic E-state index is -4.40. The van der Waals surface area contributed by atoms with E-state index in [0.29, 0.717) is 0 Å². The maximum Gasteiger partial charge on any atom is 0.398 e. The molecule has 3 heterocycles. The largest absolute Gasteiger partial charge is 0.398 e. The Labute approximate surface area is 133 Å². The number of imide groups is 1. The Morgan fingerprint density at radius 3 is 2.67 bits per heavy atom. The zero-order chi connectivity index (χ0) is 17.1. The van der Waals surface area contributed by atoms with Gasteiger partial charge in [-0.05, 0) is 18.9 Å². The molecule has 2 N–H and O–H groups in total. The summed E-state index contributed by atoms with van der Waals surface area (Å²) >= 11 is 0. The highest BCUT2D eigenvalue weighted by Gasteiger charge is 2.65. The van der Waals surface area contributed by atoms with Gasteiger partial charge in [0.2, 0.25) is 5.91 Å². The molecule has 1 saturated heterocycles. The zero-order valence-electron chi connectivity index (χ0n) is 12.2. The van der Waals surface area contributed by atoms with Gasteiger partial charge in [0.15, 0.2) is 5.65 Å². The van der Waals surface area contributed by atoms with E-state index in [1.807, 2.05) is 0 Å². The summed E-state index contributed by atoms with van der Waals surface area (Å²) in [6, 6.07) is 0.666. The number of hydrogen-bond donors (Lipinski definition) is 2. The first-order chi connectivity index (χ1) is 11.3. The van der Waals surface area contributed by atoms with Gasteiger partial charge in [-0.15, -0.1) is 0 Å². The van der Waals surface area contributed by atoms with Crippen molar-refractivity contribution in [1.29, 1.82) is 0 Å². The van der Waals surface area contributed by atoms with Crippen LogP contribution in [0.15, 0.2) is 18.5 Å². The first-order valence-corrected chi connectivity index (χ1v) is 7.32. The molecule has 1 unspecified atom stereocenters. The normalized spacial score (nSPS) is 23.0. The van der Waals surface area contributed by atoms with Crippen molar-refractivity contribution >= 4 is 17.6 Å². The number of rotatable bonds is 2. The number of carbonyl (C=O) groups excluding carboxylic acids is 2. The highest BCUT2D eigenvalue weighted by molar-refractivity contribution is 6.00. The van der Waals surface area contributed by atoms with Crippen molar-refractivity contribution in [2.24, 2.45) is 0 Å². The molecule has 10 heteroatoms. The van der Waals surface area contributed by atoms with Crippen LogP contribution in [0, 0.1) is 0 Å². The molecule has 24 heavy (non-hydrogen) atoms. The van der Waals surface area contributed by atoms with Crippen LogP contribution in [0.1, 0.15) is 30.0 Å². The van der Waals surface area contributed by atoms with E-state index in [9.17, 15) is 22.8 Å². The number of nitrogens with zero attached hydrogens (tertiary/aromatic N) is 3. The summed E-state index contributed by atoms with van der Waals surface area (Å²) in [6.07, 6.45) is -1.63. The summed E-state index contributed by atoms with van der Waals surface area (Å²) in [5.41, 5.74) is -1.61. The third-order valence-corrected chi connectivity index (χ3v) is 4.56. The second-order valence-electron chi connectivity index (χ2n) is 6.01. The molecule has 2 fully saturated rings. The van der Waals surface area contributed by atoms with Gasteiger partial charge in [-0.2, -0.15) is 18.3 Å². The van der Waals surface area contributed by atoms with Crippen LogP contribution < -0.4 is 10.6 Å². The number of fused-ring (bicyclic) bond motifs is 1. The highest BCUT2D eigenvalue weighted by Crippen LogP contribution is 2.59. The molecular weight excluding hydrogens is 327 g/mol. The van der Waals surface area contributed by atoms with Gasteiger partial charge < -0.3 is 5.32 Å². The van der Waals surface area contributed by atoms with Crippen LogP contribution in [0.25, 0.3) is 5.65 Å². The second-order valence-corrected chi connectivity index (χ2v) is 6.01. The minimum Gasteiger partial charge on any atom is -0.337 e. The van der Waals surface area contributed by atoms with Crippen LogP contribution in [0.3, 0.4) is 0 Å². The molecule has 1 saturated carbocycles. The third-order valence-electron chi connectivity index (χ3n) is 4.56. The lowest BCUT2D eigenvalue weighted by Crippen LogP contribution is -2.51. The molecule has 0 bridgehead atoms. The summed E-state index contributed by atoms with van der Waals surface area (Å²) in [6.45, 7) is -0.0175. The van der Waals surface area contributed by atoms with E-state index in [0.717, 1.165) is 0 Å². The van der Waals surface area contributed by atoms with Gasteiger partial charge in [-0.3, -0.25) is 10.1 Å². The van der Waals surface area contributed by atoms with Crippen LogP contribution in [0.4, 0.5) is 18.0 Å². The number of hydrogen-bond acceptors (Lipinski definition) is 4. The molecule has 126 valence electrons. The highest BCUT2D eigenvalue weighted by atomic mass is 19.4. The van der Waals surface area contributed by atoms with E-state index in [1.165, 1.54) is 23.0 Å². The number of carbonyl (C=O) groups is 2. The Hall–Kier alpha value is -2.65. The maximum atomic E-state index is 13.5. The average Bonchev–Trinajstić information content (AvgIpc) is 3.18. The van der Waals surface area contributed by atoms with Crippen molar-refractivity contribution in [2.45, 2.75) is 30.4 Å². The topological polar surface area (TPSA) is 88.4 Å². The number of aromatic nitrogens is 3. The van der Waals surface area contributed by atoms with Gasteiger partial charge in [0, 0.05) is 24.5 Å². The van der Waals surface area contributed by atoms with Crippen LogP contribution >= 0.6 is 0 Å². The molecule has 1 atom stereocenters. The molecule has 7 nitrogen and oxygen atoms in total. The second kappa shape index (κ2) is 4.68. The number of nitrogens with one attached hydrogen (secondary N) is 2. The average molecular weight is 339 g/mol. The van der Waals surface area contributed by atoms with E-state index in [1.54, 1.807) is 0 Å². The van der Waals surface area contributed by atoms with Gasteiger partial charge in [0.1, 0.15) is 0 Å². The van der Waals surface area contributed by atoms with Gasteiger partial charge in [-0.25, -0.2) is 14.3 Å². The minimum absolute atomic E-state index is 0.0175. The fraction of sp³-hybridized carbons (Fsp3) is 0.429. The maximum absolute atomic E-state index is 13.5. The molecule has 2 aromatic rings. The zero-order valence-corrected chi connectivity index (χ0v) is 12.2. The molecule has 2 aromatic heterocycles. The molecular formula is C14H12F3N5O2. The summed E-state index contributed by atoms with van der Waals surface area (Å²) in [4.78, 5) is 27.1. The molecule has 1 aliphatic heterocycles. The Balaban J connectivity index is 1.85. The number of urea groups is 1. The van der Waals surface area contributed by atoms with E-state index < -0.39 is 29.4 Å². The smallest absolute Gasteiger partial charge is 0.337 e. The fourth-order valence-corrected chi connectivity index (χ4v) is 3.06. The number of halogens is 3. The van der Waals surface area contributed by atoms with Gasteiger partial charge in [-0.1, -0.05) is 0 Å². The van der Waals surface area contributed by atoms with Crippen molar-refractivity contribution in [3.8, 4) is 0 Å². The van der Waals surface area contributed by atoms with Crippen molar-refractivity contribution in [3.63, 3.8) is 0 Å². The first-order valence-electron chi connectivity index (χ1n) is 7.32. The SMILES string of the molecule is O=C1NCC(c2cc(C3(C(F)(F)F)CC3)c3nccn3n2)C(=O)N1. The fourth-order valence-electron chi connectivity index (χ4n) is 3.06. The summed E-state index contributed by atoms with van der Waals surface area (Å²) in [7, 11) is 0. The van der Waals surface area contributed by atoms with Crippen LogP contribution in [-0.4, -0.2) is 39.3 Å². The number of imidazole rings is 1. The van der Waals surface area contributed by atoms with Crippen molar-refractivity contribution in [1.82, 2.24) is 25.2 Å². The lowest BCUT2D eigenvalue weighted by Gasteiger charge is -2.24. The third kappa shape index (κ3) is 2.05. The lowest BCUT2D eigenvalue weighted by molar-refractivity contribution is -0.160. The number of alkyl halides is 3. The van der Waals surface area contributed by atoms with Crippen molar-refractivity contribution in [2.75, 3.05) is 6.54 Å². The van der Waals surface area contributed by atoms with Crippen LogP contribution in [-0.2, 0) is 10.2 Å². The van der Waals surface area contributed by atoms with E-state index in [2.05, 4.69) is 20.7 Å². The van der Waals surface area contributed by atoms with E-state index in [-0.39, 0.29) is 36.3 Å². The Kier molecular flexibility index (Phi) is 2.91. The molecule has 1 aliphatic carbocycles. The van der Waals surface area contributed by atoms with Gasteiger partial charge in [0.25, 0.3) is 0 Å². The molecule has 0 aromatic carbocycles. The van der Waals surface area contributed by atoms with Gasteiger partial charge in [0.05, 0.1) is 17.0 Å². The summed E-state index contributed by atoms with van der Waals surface area (Å²) in [5, 5.41) is 8.74. The van der Waals surface area contributed by atoms with Crippen LogP contribution in [0.5, 0.6) is 0 Å². The van der Waals surface area contributed by atoms with Gasteiger partial charge >= 0.3 is 12.2 Å². The Morgan fingerprint density at radius 2 is 2.04 bits per heavy atom. The predicted molar refractivity (Wildman–Crippen MR) is 74.2 cm³/mol.